The second kappa shape index (κ2) is 5.03. The molecular formula is C5H12NO2. The Morgan fingerprint density at radius 1 is 1.38 bits per heavy atom. The zero-order valence-corrected chi connectivity index (χ0v) is 5.31. The predicted molar refractivity (Wildman–Crippen MR) is 30.9 cm³/mol. The minimum absolute atomic E-state index is 0.566. The molecule has 0 aromatic carbocycles. The summed E-state index contributed by atoms with van der Waals surface area (Å²) in [5.41, 5.74) is 5.20. The molecule has 0 aliphatic rings. The van der Waals surface area contributed by atoms with Gasteiger partial charge in [-0.2, -0.15) is 0 Å². The Bertz CT molecular complexity index is 45.7. The summed E-state index contributed by atoms with van der Waals surface area (Å²) in [6, 6.07) is 0. The third-order valence-electron chi connectivity index (χ3n) is 0.804. The van der Waals surface area contributed by atoms with Crippen LogP contribution >= 0.6 is 0 Å². The zero-order valence-electron chi connectivity index (χ0n) is 5.31. The number of nitrogens with two attached hydrogens (primary N) is 1. The predicted octanol–water partition coefficient (Wildman–Crippen LogP) is 0.117. The lowest BCUT2D eigenvalue weighted by atomic mass is 10.4. The van der Waals surface area contributed by atoms with Crippen molar-refractivity contribution in [2.75, 3.05) is 20.8 Å². The monoisotopic (exact) mass is 118 g/mol. The fraction of sp³-hybridized carbons (Fsp3) is 0.800. The van der Waals surface area contributed by atoms with E-state index in [2.05, 4.69) is 0 Å². The van der Waals surface area contributed by atoms with Crippen LogP contribution in [-0.2, 0) is 9.47 Å². The summed E-state index contributed by atoms with van der Waals surface area (Å²) in [6.45, 7) is 0.566. The number of methoxy groups -OCH3 is 2. The Balaban J connectivity index is 3.07. The van der Waals surface area contributed by atoms with Gasteiger partial charge in [-0.3, -0.25) is 0 Å². The van der Waals surface area contributed by atoms with Crippen LogP contribution in [0.3, 0.4) is 0 Å². The molecule has 0 heterocycles. The maximum absolute atomic E-state index is 5.20. The SMILES string of the molecule is CO[C](CCN)OC. The van der Waals surface area contributed by atoms with Crippen LogP contribution < -0.4 is 5.73 Å². The second-order valence-corrected chi connectivity index (χ2v) is 1.32. The highest BCUT2D eigenvalue weighted by atomic mass is 16.7. The van der Waals surface area contributed by atoms with E-state index in [1.807, 2.05) is 0 Å². The van der Waals surface area contributed by atoms with Gasteiger partial charge in [0.1, 0.15) is 0 Å². The molecule has 8 heavy (non-hydrogen) atoms. The molecule has 0 bridgehead atoms. The summed E-state index contributed by atoms with van der Waals surface area (Å²) < 4.78 is 9.51. The van der Waals surface area contributed by atoms with E-state index in [9.17, 15) is 0 Å². The van der Waals surface area contributed by atoms with E-state index in [4.69, 9.17) is 15.2 Å². The summed E-state index contributed by atoms with van der Waals surface area (Å²) >= 11 is 0. The van der Waals surface area contributed by atoms with Gasteiger partial charge in [0.05, 0.1) is 0 Å². The molecule has 0 fully saturated rings. The molecule has 0 atom stereocenters. The summed E-state index contributed by atoms with van der Waals surface area (Å²) in [5, 5.41) is 0. The topological polar surface area (TPSA) is 44.5 Å². The van der Waals surface area contributed by atoms with E-state index in [0.29, 0.717) is 19.3 Å². The minimum Gasteiger partial charge on any atom is -0.349 e. The highest BCUT2D eigenvalue weighted by Crippen LogP contribution is 2.03. The Morgan fingerprint density at radius 2 is 1.88 bits per heavy atom. The van der Waals surface area contributed by atoms with Crippen molar-refractivity contribution in [2.45, 2.75) is 6.42 Å². The number of ether oxygens (including phenoxy) is 2. The average Bonchev–Trinajstić information content (AvgIpc) is 1.83. The largest absolute Gasteiger partial charge is 0.349 e. The van der Waals surface area contributed by atoms with Gasteiger partial charge in [0.25, 0.3) is 0 Å². The summed E-state index contributed by atoms with van der Waals surface area (Å²) in [4.78, 5) is 0. The van der Waals surface area contributed by atoms with Crippen molar-refractivity contribution in [1.29, 1.82) is 0 Å². The van der Waals surface area contributed by atoms with E-state index >= 15 is 0 Å². The molecule has 0 saturated heterocycles. The Morgan fingerprint density at radius 3 is 2.00 bits per heavy atom. The maximum Gasteiger partial charge on any atom is 0.224 e. The molecule has 0 aliphatic heterocycles. The van der Waals surface area contributed by atoms with Crippen LogP contribution in [0.5, 0.6) is 0 Å². The molecule has 0 unspecified atom stereocenters. The quantitative estimate of drug-likeness (QED) is 0.570. The maximum atomic E-state index is 5.20. The standard InChI is InChI=1S/C5H12NO2/c1-7-5(8-2)3-4-6/h3-4,6H2,1-2H3. The van der Waals surface area contributed by atoms with Crippen molar-refractivity contribution in [3.8, 4) is 0 Å². The summed E-state index contributed by atoms with van der Waals surface area (Å²) in [7, 11) is 3.13. The average molecular weight is 118 g/mol. The Hall–Kier alpha value is -0.120. The lowest BCUT2D eigenvalue weighted by Gasteiger charge is -2.07. The van der Waals surface area contributed by atoms with Gasteiger partial charge in [-0.05, 0) is 6.54 Å². The number of hydrogen-bond acceptors (Lipinski definition) is 3. The molecule has 0 aromatic heterocycles. The molecule has 0 aliphatic carbocycles. The number of rotatable bonds is 4. The first-order valence-corrected chi connectivity index (χ1v) is 2.49. The molecule has 0 spiro atoms. The van der Waals surface area contributed by atoms with Gasteiger partial charge in [0, 0.05) is 20.6 Å². The van der Waals surface area contributed by atoms with Crippen molar-refractivity contribution in [3.63, 3.8) is 0 Å². The molecule has 0 rings (SSSR count). The summed E-state index contributed by atoms with van der Waals surface area (Å²) in [6.07, 6.45) is 1.26. The molecule has 3 nitrogen and oxygen atoms in total. The smallest absolute Gasteiger partial charge is 0.224 e. The van der Waals surface area contributed by atoms with Gasteiger partial charge in [0.2, 0.25) is 6.29 Å². The first-order valence-electron chi connectivity index (χ1n) is 2.49. The van der Waals surface area contributed by atoms with Crippen molar-refractivity contribution < 1.29 is 9.47 Å². The van der Waals surface area contributed by atoms with Gasteiger partial charge in [0.15, 0.2) is 0 Å². The molecule has 49 valence electrons. The van der Waals surface area contributed by atoms with Crippen molar-refractivity contribution >= 4 is 0 Å². The number of hydrogen-bond donors (Lipinski definition) is 1. The Kier molecular flexibility index (Phi) is 4.95. The Labute approximate surface area is 49.8 Å². The molecular weight excluding hydrogens is 106 g/mol. The first-order chi connectivity index (χ1) is 3.85. The van der Waals surface area contributed by atoms with Gasteiger partial charge in [-0.15, -0.1) is 0 Å². The van der Waals surface area contributed by atoms with Crippen LogP contribution in [0.1, 0.15) is 6.42 Å². The second-order valence-electron chi connectivity index (χ2n) is 1.32. The van der Waals surface area contributed by atoms with Crippen LogP contribution in [-0.4, -0.2) is 20.8 Å². The third kappa shape index (κ3) is 2.96. The van der Waals surface area contributed by atoms with Crippen LogP contribution in [0, 0.1) is 6.29 Å². The zero-order chi connectivity index (χ0) is 6.41. The molecule has 1 radical (unpaired) electrons. The van der Waals surface area contributed by atoms with Gasteiger partial charge in [-0.25, -0.2) is 0 Å². The molecule has 0 amide bonds. The van der Waals surface area contributed by atoms with Crippen LogP contribution in [0.15, 0.2) is 0 Å². The highest BCUT2D eigenvalue weighted by molar-refractivity contribution is 4.62. The van der Waals surface area contributed by atoms with Gasteiger partial charge < -0.3 is 15.2 Å². The van der Waals surface area contributed by atoms with Gasteiger partial charge in [-0.1, -0.05) is 0 Å². The lowest BCUT2D eigenvalue weighted by molar-refractivity contribution is -0.00104. The van der Waals surface area contributed by atoms with E-state index in [1.165, 1.54) is 0 Å². The fourth-order valence-corrected chi connectivity index (χ4v) is 0.405. The van der Waals surface area contributed by atoms with E-state index in [1.54, 1.807) is 14.2 Å². The molecule has 0 saturated carbocycles. The van der Waals surface area contributed by atoms with E-state index in [0.717, 1.165) is 0 Å². The lowest BCUT2D eigenvalue weighted by Crippen LogP contribution is -2.09. The van der Waals surface area contributed by atoms with Gasteiger partial charge >= 0.3 is 0 Å². The van der Waals surface area contributed by atoms with E-state index < -0.39 is 0 Å². The van der Waals surface area contributed by atoms with Crippen molar-refractivity contribution in [1.82, 2.24) is 0 Å². The minimum atomic E-state index is 0.566. The van der Waals surface area contributed by atoms with Crippen LogP contribution in [0.4, 0.5) is 0 Å². The van der Waals surface area contributed by atoms with E-state index in [-0.39, 0.29) is 0 Å². The van der Waals surface area contributed by atoms with Crippen LogP contribution in [0.25, 0.3) is 0 Å². The summed E-state index contributed by atoms with van der Waals surface area (Å²) in [5.74, 6) is 0. The van der Waals surface area contributed by atoms with Crippen LogP contribution in [0.2, 0.25) is 0 Å². The third-order valence-corrected chi connectivity index (χ3v) is 0.804. The molecule has 0 aromatic rings. The molecule has 3 heteroatoms. The van der Waals surface area contributed by atoms with Crippen molar-refractivity contribution in [3.05, 3.63) is 6.29 Å². The normalized spacial score (nSPS) is 10.5. The van der Waals surface area contributed by atoms with Crippen molar-refractivity contribution in [2.24, 2.45) is 5.73 Å². The highest BCUT2D eigenvalue weighted by Gasteiger charge is 2.03. The first kappa shape index (κ1) is 7.88. The molecule has 2 N–H and O–H groups in total. The fourth-order valence-electron chi connectivity index (χ4n) is 0.405.